The van der Waals surface area contributed by atoms with Crippen LogP contribution in [0.15, 0.2) is 16.5 Å². The van der Waals surface area contributed by atoms with Crippen LogP contribution in [0.2, 0.25) is 0 Å². The molecule has 0 unspecified atom stereocenters. The normalized spacial score (nSPS) is 31.7. The van der Waals surface area contributed by atoms with Gasteiger partial charge in [0, 0.05) is 13.1 Å². The van der Waals surface area contributed by atoms with E-state index in [1.807, 2.05) is 19.1 Å². The zero-order valence-corrected chi connectivity index (χ0v) is 10.7. The Kier molecular flexibility index (Phi) is 2.70. The summed E-state index contributed by atoms with van der Waals surface area (Å²) in [4.78, 5) is 13.8. The average Bonchev–Trinajstić information content (AvgIpc) is 2.93. The maximum absolute atomic E-state index is 11.6. The molecule has 1 aliphatic heterocycles. The molecule has 1 N–H and O–H groups in total. The molecule has 1 aromatic rings. The molecule has 1 aliphatic carbocycles. The first-order chi connectivity index (χ1) is 8.60. The van der Waals surface area contributed by atoms with Crippen LogP contribution in [0.25, 0.3) is 0 Å². The van der Waals surface area contributed by atoms with Crippen molar-refractivity contribution in [1.82, 2.24) is 4.90 Å². The van der Waals surface area contributed by atoms with Gasteiger partial charge in [-0.1, -0.05) is 6.42 Å². The summed E-state index contributed by atoms with van der Waals surface area (Å²) in [6.07, 6.45) is 2.95. The summed E-state index contributed by atoms with van der Waals surface area (Å²) in [5.74, 6) is 1.57. The number of carboxylic acids is 1. The van der Waals surface area contributed by atoms with Gasteiger partial charge in [0.05, 0.1) is 12.0 Å². The van der Waals surface area contributed by atoms with Gasteiger partial charge in [-0.3, -0.25) is 9.69 Å². The highest BCUT2D eigenvalue weighted by atomic mass is 16.4. The van der Waals surface area contributed by atoms with Gasteiger partial charge in [-0.05, 0) is 37.8 Å². The summed E-state index contributed by atoms with van der Waals surface area (Å²) in [5, 5.41) is 9.51. The van der Waals surface area contributed by atoms with E-state index in [2.05, 4.69) is 4.90 Å². The van der Waals surface area contributed by atoms with Gasteiger partial charge in [0.2, 0.25) is 0 Å². The third-order valence-corrected chi connectivity index (χ3v) is 4.54. The highest BCUT2D eigenvalue weighted by Crippen LogP contribution is 2.49. The van der Waals surface area contributed by atoms with Crippen molar-refractivity contribution in [3.8, 4) is 0 Å². The molecule has 4 nitrogen and oxygen atoms in total. The monoisotopic (exact) mass is 249 g/mol. The van der Waals surface area contributed by atoms with Crippen molar-refractivity contribution < 1.29 is 14.3 Å². The third-order valence-electron chi connectivity index (χ3n) is 4.54. The first-order valence-corrected chi connectivity index (χ1v) is 6.61. The van der Waals surface area contributed by atoms with E-state index in [0.29, 0.717) is 12.5 Å². The van der Waals surface area contributed by atoms with Crippen molar-refractivity contribution >= 4 is 5.97 Å². The van der Waals surface area contributed by atoms with Gasteiger partial charge in [-0.15, -0.1) is 0 Å². The molecule has 0 aromatic carbocycles. The van der Waals surface area contributed by atoms with Crippen LogP contribution in [0.3, 0.4) is 0 Å². The number of carboxylic acid groups (broad SMARTS) is 1. The predicted molar refractivity (Wildman–Crippen MR) is 66.1 cm³/mol. The molecule has 2 atom stereocenters. The van der Waals surface area contributed by atoms with Crippen molar-refractivity contribution in [1.29, 1.82) is 0 Å². The molecule has 2 fully saturated rings. The number of aryl methyl sites for hydroxylation is 1. The Bertz CT molecular complexity index is 467. The Balaban J connectivity index is 1.73. The number of likely N-dealkylation sites (tertiary alicyclic amines) is 1. The number of nitrogens with zero attached hydrogens (tertiary/aromatic N) is 1. The van der Waals surface area contributed by atoms with Crippen LogP contribution in [-0.4, -0.2) is 29.1 Å². The van der Waals surface area contributed by atoms with Crippen molar-refractivity contribution in [3.05, 3.63) is 23.7 Å². The molecule has 1 aromatic heterocycles. The molecule has 4 heteroatoms. The molecule has 2 heterocycles. The molecule has 1 saturated heterocycles. The summed E-state index contributed by atoms with van der Waals surface area (Å²) in [6.45, 7) is 4.24. The van der Waals surface area contributed by atoms with E-state index in [0.717, 1.165) is 43.9 Å². The fourth-order valence-electron chi connectivity index (χ4n) is 3.65. The van der Waals surface area contributed by atoms with Crippen LogP contribution >= 0.6 is 0 Å². The molecule has 98 valence electrons. The number of hydrogen-bond donors (Lipinski definition) is 1. The number of hydrogen-bond acceptors (Lipinski definition) is 3. The predicted octanol–water partition coefficient (Wildman–Crippen LogP) is 2.27. The van der Waals surface area contributed by atoms with Crippen molar-refractivity contribution in [2.24, 2.45) is 11.3 Å². The summed E-state index contributed by atoms with van der Waals surface area (Å²) >= 11 is 0. The Labute approximate surface area is 107 Å². The molecule has 1 saturated carbocycles. The van der Waals surface area contributed by atoms with Crippen LogP contribution < -0.4 is 0 Å². The molecular formula is C14H19NO3. The van der Waals surface area contributed by atoms with E-state index >= 15 is 0 Å². The van der Waals surface area contributed by atoms with Crippen LogP contribution in [0.4, 0.5) is 0 Å². The topological polar surface area (TPSA) is 53.7 Å². The minimum absolute atomic E-state index is 0.325. The first kappa shape index (κ1) is 11.8. The molecule has 18 heavy (non-hydrogen) atoms. The van der Waals surface area contributed by atoms with Crippen molar-refractivity contribution in [2.45, 2.75) is 32.7 Å². The van der Waals surface area contributed by atoms with Crippen molar-refractivity contribution in [3.63, 3.8) is 0 Å². The fourth-order valence-corrected chi connectivity index (χ4v) is 3.65. The summed E-state index contributed by atoms with van der Waals surface area (Å²) in [5.41, 5.74) is -0.484. The quantitative estimate of drug-likeness (QED) is 0.893. The maximum Gasteiger partial charge on any atom is 0.311 e. The third kappa shape index (κ3) is 1.75. The van der Waals surface area contributed by atoms with E-state index in [9.17, 15) is 9.90 Å². The van der Waals surface area contributed by atoms with Crippen molar-refractivity contribution in [2.75, 3.05) is 13.1 Å². The van der Waals surface area contributed by atoms with E-state index < -0.39 is 11.4 Å². The number of carbonyl (C=O) groups is 1. The fraction of sp³-hybridized carbons (Fsp3) is 0.643. The minimum Gasteiger partial charge on any atom is -0.481 e. The smallest absolute Gasteiger partial charge is 0.311 e. The van der Waals surface area contributed by atoms with Crippen LogP contribution in [-0.2, 0) is 11.3 Å². The standard InChI is InChI=1S/C14H19NO3/c1-10-4-5-12(18-10)8-15-7-11-3-2-6-14(11,9-15)13(16)17/h4-5,11H,2-3,6-9H2,1H3,(H,16,17)/t11-,14+/m0/s1. The first-order valence-electron chi connectivity index (χ1n) is 6.61. The highest BCUT2D eigenvalue weighted by molar-refractivity contribution is 5.76. The summed E-state index contributed by atoms with van der Waals surface area (Å²) in [7, 11) is 0. The number of fused-ring (bicyclic) bond motifs is 1. The van der Waals surface area contributed by atoms with Gasteiger partial charge in [0.1, 0.15) is 11.5 Å². The summed E-state index contributed by atoms with van der Waals surface area (Å²) in [6, 6.07) is 3.94. The number of rotatable bonds is 3. The SMILES string of the molecule is Cc1ccc(CN2C[C@@H]3CCC[C@@]3(C(=O)O)C2)o1. The van der Waals surface area contributed by atoms with Gasteiger partial charge < -0.3 is 9.52 Å². The maximum atomic E-state index is 11.6. The second-order valence-electron chi connectivity index (χ2n) is 5.73. The van der Waals surface area contributed by atoms with Gasteiger partial charge in [-0.25, -0.2) is 0 Å². The Morgan fingerprint density at radius 2 is 2.44 bits per heavy atom. The lowest BCUT2D eigenvalue weighted by atomic mass is 9.81. The molecule has 0 spiro atoms. The molecule has 0 amide bonds. The molecular weight excluding hydrogens is 230 g/mol. The molecule has 2 aliphatic rings. The van der Waals surface area contributed by atoms with E-state index in [1.165, 1.54) is 0 Å². The van der Waals surface area contributed by atoms with Crippen LogP contribution in [0, 0.1) is 18.3 Å². The second kappa shape index (κ2) is 4.12. The zero-order valence-electron chi connectivity index (χ0n) is 10.7. The lowest BCUT2D eigenvalue weighted by molar-refractivity contribution is -0.149. The second-order valence-corrected chi connectivity index (χ2v) is 5.73. The van der Waals surface area contributed by atoms with Gasteiger partial charge in [0.15, 0.2) is 0 Å². The van der Waals surface area contributed by atoms with Gasteiger partial charge >= 0.3 is 5.97 Å². The number of aliphatic carboxylic acids is 1. The largest absolute Gasteiger partial charge is 0.481 e. The Morgan fingerprint density at radius 3 is 3.06 bits per heavy atom. The average molecular weight is 249 g/mol. The van der Waals surface area contributed by atoms with E-state index in [4.69, 9.17) is 4.42 Å². The molecule has 3 rings (SSSR count). The Hall–Kier alpha value is -1.29. The van der Waals surface area contributed by atoms with E-state index in [1.54, 1.807) is 0 Å². The Morgan fingerprint density at radius 1 is 1.61 bits per heavy atom. The molecule has 0 radical (unpaired) electrons. The van der Waals surface area contributed by atoms with E-state index in [-0.39, 0.29) is 0 Å². The highest BCUT2D eigenvalue weighted by Gasteiger charge is 2.54. The lowest BCUT2D eigenvalue weighted by Crippen LogP contribution is -2.35. The van der Waals surface area contributed by atoms with Crippen LogP contribution in [0.5, 0.6) is 0 Å². The van der Waals surface area contributed by atoms with Gasteiger partial charge in [-0.2, -0.15) is 0 Å². The molecule has 0 bridgehead atoms. The van der Waals surface area contributed by atoms with Crippen LogP contribution in [0.1, 0.15) is 30.8 Å². The zero-order chi connectivity index (χ0) is 12.8. The summed E-state index contributed by atoms with van der Waals surface area (Å²) < 4.78 is 5.57. The van der Waals surface area contributed by atoms with Gasteiger partial charge in [0.25, 0.3) is 0 Å². The minimum atomic E-state index is -0.608. The lowest BCUT2D eigenvalue weighted by Gasteiger charge is -2.23. The number of furan rings is 1.